The van der Waals surface area contributed by atoms with E-state index in [-0.39, 0.29) is 32.4 Å². The molecule has 1 aliphatic rings. The van der Waals surface area contributed by atoms with Crippen molar-refractivity contribution in [2.45, 2.75) is 0 Å². The van der Waals surface area contributed by atoms with Gasteiger partial charge in [0, 0.05) is 9.13 Å². The molecule has 6 nitrogen and oxygen atoms in total. The van der Waals surface area contributed by atoms with Crippen LogP contribution in [-0.2, 0) is 0 Å². The van der Waals surface area contributed by atoms with Gasteiger partial charge in [-0.25, -0.2) is 4.98 Å². The van der Waals surface area contributed by atoms with Gasteiger partial charge < -0.3 is 0 Å². The Bertz CT molecular complexity index is 1440. The maximum atomic E-state index is 13.6. The maximum absolute atomic E-state index is 13.6. The van der Waals surface area contributed by atoms with Crippen LogP contribution in [0.3, 0.4) is 0 Å². The minimum Gasteiger partial charge on any atom is -0.267 e. The van der Waals surface area contributed by atoms with E-state index in [1.165, 1.54) is 12.1 Å². The zero-order valence-corrected chi connectivity index (χ0v) is 19.1. The third kappa shape index (κ3) is 3.07. The second kappa shape index (κ2) is 7.44. The molecule has 31 heavy (non-hydrogen) atoms. The Kier molecular flexibility index (Phi) is 4.84. The Morgan fingerprint density at radius 3 is 2.03 bits per heavy atom. The molecule has 0 radical (unpaired) electrons. The van der Waals surface area contributed by atoms with Gasteiger partial charge in [-0.05, 0) is 52.9 Å². The van der Waals surface area contributed by atoms with Gasteiger partial charge in [0.25, 0.3) is 17.4 Å². The number of hydrogen-bond acceptors (Lipinski definition) is 4. The summed E-state index contributed by atoms with van der Waals surface area (Å²) >= 11 is 14.5. The minimum atomic E-state index is -0.737. The first-order valence-electron chi connectivity index (χ1n) is 9.03. The summed E-state index contributed by atoms with van der Waals surface area (Å²) in [6.07, 6.45) is 0. The van der Waals surface area contributed by atoms with Gasteiger partial charge >= 0.3 is 0 Å². The van der Waals surface area contributed by atoms with Crippen molar-refractivity contribution in [3.8, 4) is 11.4 Å². The van der Waals surface area contributed by atoms with Crippen LogP contribution in [0.15, 0.2) is 65.5 Å². The summed E-state index contributed by atoms with van der Waals surface area (Å²) in [5.74, 6) is -1.32. The molecule has 9 heteroatoms. The van der Waals surface area contributed by atoms with E-state index in [1.807, 2.05) is 12.1 Å². The molecule has 2 amide bonds. The Morgan fingerprint density at radius 2 is 1.42 bits per heavy atom. The summed E-state index contributed by atoms with van der Waals surface area (Å²) in [6.45, 7) is 0. The van der Waals surface area contributed by atoms with Crippen LogP contribution < -0.4 is 10.6 Å². The summed E-state index contributed by atoms with van der Waals surface area (Å²) < 4.78 is 1.82. The molecular weight excluding hydrogens is 552 g/mol. The van der Waals surface area contributed by atoms with Crippen molar-refractivity contribution >= 4 is 68.5 Å². The monoisotopic (exact) mass is 561 g/mol. The number of carbonyl (C=O) groups excluding carboxylic acids is 2. The van der Waals surface area contributed by atoms with Crippen LogP contribution in [0.4, 0.5) is 0 Å². The number of hydrogen-bond donors (Lipinski definition) is 0. The molecule has 0 bridgehead atoms. The van der Waals surface area contributed by atoms with Crippen LogP contribution in [0.25, 0.3) is 22.3 Å². The minimum absolute atomic E-state index is 0.0344. The zero-order valence-electron chi connectivity index (χ0n) is 15.5. The lowest BCUT2D eigenvalue weighted by Crippen LogP contribution is -2.47. The molecule has 0 saturated heterocycles. The highest BCUT2D eigenvalue weighted by molar-refractivity contribution is 14.1. The van der Waals surface area contributed by atoms with Crippen LogP contribution >= 0.6 is 45.8 Å². The predicted molar refractivity (Wildman–Crippen MR) is 127 cm³/mol. The van der Waals surface area contributed by atoms with Gasteiger partial charge in [-0.3, -0.25) is 14.4 Å². The standard InChI is InChI=1S/C22H10Cl2IN3O3/c23-14-7-8-15(24)18-17(14)21(30)28(22(18)31)27-19(11-4-2-1-3-5-11)26-16-9-6-12(25)10-13(16)20(27)29/h1-10H. The number of nitrogens with zero attached hydrogens (tertiary/aromatic N) is 3. The number of imide groups is 1. The highest BCUT2D eigenvalue weighted by Gasteiger charge is 2.42. The summed E-state index contributed by atoms with van der Waals surface area (Å²) in [7, 11) is 0. The topological polar surface area (TPSA) is 72.3 Å². The molecule has 3 aromatic carbocycles. The number of halogens is 3. The van der Waals surface area contributed by atoms with E-state index in [0.717, 1.165) is 13.3 Å². The first-order valence-corrected chi connectivity index (χ1v) is 10.9. The molecule has 152 valence electrons. The van der Waals surface area contributed by atoms with Gasteiger partial charge in [-0.2, -0.15) is 9.69 Å². The van der Waals surface area contributed by atoms with Crippen LogP contribution in [0.5, 0.6) is 0 Å². The molecule has 0 saturated carbocycles. The van der Waals surface area contributed by atoms with Crippen LogP contribution in [0.1, 0.15) is 20.7 Å². The van der Waals surface area contributed by atoms with Crippen LogP contribution in [0.2, 0.25) is 10.0 Å². The van der Waals surface area contributed by atoms with E-state index in [0.29, 0.717) is 11.1 Å². The molecule has 0 fully saturated rings. The molecule has 0 N–H and O–H groups in total. The van der Waals surface area contributed by atoms with Gasteiger partial charge in [0.15, 0.2) is 5.82 Å². The van der Waals surface area contributed by atoms with E-state index >= 15 is 0 Å². The number of amides is 2. The third-order valence-corrected chi connectivity index (χ3v) is 6.26. The molecule has 5 rings (SSSR count). The van der Waals surface area contributed by atoms with Gasteiger partial charge in [0.2, 0.25) is 0 Å². The predicted octanol–water partition coefficient (Wildman–Crippen LogP) is 4.91. The second-order valence-corrected chi connectivity index (χ2v) is 8.84. The molecule has 0 atom stereocenters. The molecule has 1 aromatic heterocycles. The normalized spacial score (nSPS) is 13.2. The van der Waals surface area contributed by atoms with Gasteiger partial charge in [0.1, 0.15) is 0 Å². The Hall–Kier alpha value is -2.75. The summed E-state index contributed by atoms with van der Waals surface area (Å²) in [5.41, 5.74) is 0.395. The van der Waals surface area contributed by atoms with E-state index in [2.05, 4.69) is 27.6 Å². The van der Waals surface area contributed by atoms with Crippen molar-refractivity contribution in [3.05, 3.63) is 95.8 Å². The van der Waals surface area contributed by atoms with Crippen LogP contribution in [0, 0.1) is 3.57 Å². The van der Waals surface area contributed by atoms with Crippen LogP contribution in [-0.4, -0.2) is 21.5 Å². The number of rotatable bonds is 2. The number of benzene rings is 3. The van der Waals surface area contributed by atoms with E-state index < -0.39 is 17.4 Å². The van der Waals surface area contributed by atoms with Crippen molar-refractivity contribution in [1.82, 2.24) is 9.66 Å². The lowest BCUT2D eigenvalue weighted by Gasteiger charge is -2.21. The van der Waals surface area contributed by atoms with Crippen molar-refractivity contribution in [2.24, 2.45) is 0 Å². The van der Waals surface area contributed by atoms with E-state index in [4.69, 9.17) is 23.2 Å². The Morgan fingerprint density at radius 1 is 0.806 bits per heavy atom. The van der Waals surface area contributed by atoms with Crippen molar-refractivity contribution < 1.29 is 9.59 Å². The summed E-state index contributed by atoms with van der Waals surface area (Å²) in [6, 6.07) is 17.0. The molecular formula is C22H10Cl2IN3O3. The first kappa shape index (κ1) is 20.2. The fraction of sp³-hybridized carbons (Fsp3) is 0. The summed E-state index contributed by atoms with van der Waals surface area (Å²) in [4.78, 5) is 44.8. The average molecular weight is 562 g/mol. The quantitative estimate of drug-likeness (QED) is 0.258. The SMILES string of the molecule is O=C1c2c(Cl)ccc(Cl)c2C(=O)N1n1c(-c2ccccc2)nc2ccc(I)cc2c1=O. The molecule has 0 spiro atoms. The fourth-order valence-corrected chi connectivity index (χ4v) is 4.53. The average Bonchev–Trinajstić information content (AvgIpc) is 3.03. The Balaban J connectivity index is 1.87. The number of aromatic nitrogens is 2. The fourth-order valence-electron chi connectivity index (χ4n) is 3.56. The highest BCUT2D eigenvalue weighted by Crippen LogP contribution is 2.34. The second-order valence-electron chi connectivity index (χ2n) is 6.78. The third-order valence-electron chi connectivity index (χ3n) is 4.96. The lowest BCUT2D eigenvalue weighted by atomic mass is 10.1. The van der Waals surface area contributed by atoms with Gasteiger partial charge in [0.05, 0.1) is 32.1 Å². The molecule has 4 aromatic rings. The van der Waals surface area contributed by atoms with Crippen molar-refractivity contribution in [2.75, 3.05) is 5.01 Å². The Labute approximate surface area is 199 Å². The van der Waals surface area contributed by atoms with Crippen molar-refractivity contribution in [1.29, 1.82) is 0 Å². The molecule has 1 aliphatic heterocycles. The largest absolute Gasteiger partial charge is 0.282 e. The zero-order chi connectivity index (χ0) is 21.9. The van der Waals surface area contributed by atoms with Gasteiger partial charge in [-0.15, -0.1) is 0 Å². The lowest BCUT2D eigenvalue weighted by molar-refractivity contribution is 0.0885. The first-order chi connectivity index (χ1) is 14.9. The summed E-state index contributed by atoms with van der Waals surface area (Å²) in [5, 5.41) is 1.20. The smallest absolute Gasteiger partial charge is 0.267 e. The molecule has 0 unspecified atom stereocenters. The van der Waals surface area contributed by atoms with E-state index in [1.54, 1.807) is 36.4 Å². The number of carbonyl (C=O) groups is 2. The van der Waals surface area contributed by atoms with E-state index in [9.17, 15) is 14.4 Å². The molecule has 0 aliphatic carbocycles. The molecule has 2 heterocycles. The van der Waals surface area contributed by atoms with Gasteiger partial charge in [-0.1, -0.05) is 53.5 Å². The maximum Gasteiger partial charge on any atom is 0.282 e. The number of fused-ring (bicyclic) bond motifs is 2. The highest BCUT2D eigenvalue weighted by atomic mass is 127. The van der Waals surface area contributed by atoms with Crippen molar-refractivity contribution in [3.63, 3.8) is 0 Å².